The fraction of sp³-hybridized carbons (Fsp3) is 0.273. The lowest BCUT2D eigenvalue weighted by atomic mass is 10.3. The average Bonchev–Trinajstić information content (AvgIpc) is 2.38. The number of nitriles is 2. The summed E-state index contributed by atoms with van der Waals surface area (Å²) in [7, 11) is -2.61. The first-order valence-electron chi connectivity index (χ1n) is 5.05. The van der Waals surface area contributed by atoms with Gasteiger partial charge in [0.1, 0.15) is 23.7 Å². The Morgan fingerprint density at radius 2 is 1.89 bits per heavy atom. The minimum Gasteiger partial charge on any atom is -0.495 e. The molecule has 100 valence electrons. The molecule has 1 aromatic rings. The third kappa shape index (κ3) is 3.44. The molecule has 8 heteroatoms. The van der Waals surface area contributed by atoms with E-state index in [0.717, 1.165) is 4.31 Å². The molecule has 0 amide bonds. The average molecular weight is 344 g/mol. The van der Waals surface area contributed by atoms with Gasteiger partial charge in [0.25, 0.3) is 0 Å². The molecule has 0 saturated heterocycles. The molecule has 19 heavy (non-hydrogen) atoms. The van der Waals surface area contributed by atoms with E-state index in [1.165, 1.54) is 19.2 Å². The number of nitrogens with zero attached hydrogens (tertiary/aromatic N) is 3. The summed E-state index contributed by atoms with van der Waals surface area (Å²) in [4.78, 5) is -0.0881. The predicted octanol–water partition coefficient (Wildman–Crippen LogP) is 1.50. The standard InChI is InChI=1S/C11H10BrN3O3S/c1-18-10-3-2-9(12)8-11(10)19(16,17)15(6-4-13)7-5-14/h2-3,8H,6-7H2,1H3. The van der Waals surface area contributed by atoms with Crippen molar-refractivity contribution >= 4 is 26.0 Å². The molecule has 0 aromatic heterocycles. The number of hydrogen-bond donors (Lipinski definition) is 0. The Morgan fingerprint density at radius 3 is 2.37 bits per heavy atom. The van der Waals surface area contributed by atoms with E-state index in [1.807, 2.05) is 0 Å². The minimum absolute atomic E-state index is 0.0881. The summed E-state index contributed by atoms with van der Waals surface area (Å²) in [6.07, 6.45) is 0. The summed E-state index contributed by atoms with van der Waals surface area (Å²) in [6, 6.07) is 7.95. The molecule has 0 saturated carbocycles. The van der Waals surface area contributed by atoms with Crippen LogP contribution >= 0.6 is 15.9 Å². The maximum Gasteiger partial charge on any atom is 0.248 e. The largest absolute Gasteiger partial charge is 0.495 e. The number of halogens is 1. The van der Waals surface area contributed by atoms with Crippen LogP contribution in [0.1, 0.15) is 0 Å². The molecule has 0 bridgehead atoms. The fourth-order valence-corrected chi connectivity index (χ4v) is 3.30. The van der Waals surface area contributed by atoms with Gasteiger partial charge in [-0.25, -0.2) is 8.42 Å². The molecule has 0 fully saturated rings. The zero-order valence-electron chi connectivity index (χ0n) is 10.00. The van der Waals surface area contributed by atoms with Crippen LogP contribution in [0.4, 0.5) is 0 Å². The summed E-state index contributed by atoms with van der Waals surface area (Å²) >= 11 is 3.18. The van der Waals surface area contributed by atoms with Gasteiger partial charge in [0.2, 0.25) is 10.0 Å². The molecule has 0 aliphatic rings. The molecular weight excluding hydrogens is 334 g/mol. The lowest BCUT2D eigenvalue weighted by Gasteiger charge is -2.18. The van der Waals surface area contributed by atoms with Crippen LogP contribution in [0.25, 0.3) is 0 Å². The van der Waals surface area contributed by atoms with Crippen LogP contribution in [0.3, 0.4) is 0 Å². The van der Waals surface area contributed by atoms with Crippen LogP contribution < -0.4 is 4.74 Å². The van der Waals surface area contributed by atoms with E-state index in [1.54, 1.807) is 18.2 Å². The Bertz CT molecular complexity index is 630. The van der Waals surface area contributed by atoms with Crippen molar-refractivity contribution in [2.45, 2.75) is 4.90 Å². The van der Waals surface area contributed by atoms with E-state index in [9.17, 15) is 8.42 Å². The fourth-order valence-electron chi connectivity index (χ4n) is 1.37. The molecule has 0 atom stereocenters. The molecule has 0 radical (unpaired) electrons. The Morgan fingerprint density at radius 1 is 1.32 bits per heavy atom. The van der Waals surface area contributed by atoms with Crippen molar-refractivity contribution in [1.82, 2.24) is 4.31 Å². The summed E-state index contributed by atoms with van der Waals surface area (Å²) in [5.74, 6) is 0.157. The number of sulfonamides is 1. The van der Waals surface area contributed by atoms with E-state index in [-0.39, 0.29) is 10.6 Å². The van der Waals surface area contributed by atoms with E-state index in [0.29, 0.717) is 4.47 Å². The molecular formula is C11H10BrN3O3S. The molecule has 0 aliphatic heterocycles. The lowest BCUT2D eigenvalue weighted by Crippen LogP contribution is -2.32. The summed E-state index contributed by atoms with van der Waals surface area (Å²) in [6.45, 7) is -0.795. The third-order valence-electron chi connectivity index (χ3n) is 2.24. The van der Waals surface area contributed by atoms with Crippen molar-refractivity contribution in [1.29, 1.82) is 10.5 Å². The van der Waals surface area contributed by atoms with Crippen LogP contribution in [0.5, 0.6) is 5.75 Å². The second kappa shape index (κ2) is 6.53. The van der Waals surface area contributed by atoms with Gasteiger partial charge in [-0.2, -0.15) is 14.8 Å². The maximum atomic E-state index is 12.4. The van der Waals surface area contributed by atoms with Crippen molar-refractivity contribution in [2.24, 2.45) is 0 Å². The van der Waals surface area contributed by atoms with Crippen LogP contribution in [-0.2, 0) is 10.0 Å². The molecule has 1 rings (SSSR count). The molecule has 0 spiro atoms. The monoisotopic (exact) mass is 343 g/mol. The second-order valence-electron chi connectivity index (χ2n) is 3.38. The van der Waals surface area contributed by atoms with Crippen LogP contribution in [-0.4, -0.2) is 32.9 Å². The van der Waals surface area contributed by atoms with Crippen LogP contribution in [0, 0.1) is 22.7 Å². The number of benzene rings is 1. The normalized spacial score (nSPS) is 10.8. The Balaban J connectivity index is 3.37. The topological polar surface area (TPSA) is 94.2 Å². The Kier molecular flexibility index (Phi) is 5.31. The highest BCUT2D eigenvalue weighted by molar-refractivity contribution is 9.10. The van der Waals surface area contributed by atoms with Crippen molar-refractivity contribution in [3.63, 3.8) is 0 Å². The van der Waals surface area contributed by atoms with Gasteiger partial charge in [0.15, 0.2) is 0 Å². The third-order valence-corrected chi connectivity index (χ3v) is 4.54. The predicted molar refractivity (Wildman–Crippen MR) is 70.7 cm³/mol. The van der Waals surface area contributed by atoms with Crippen molar-refractivity contribution in [2.75, 3.05) is 20.2 Å². The highest BCUT2D eigenvalue weighted by Gasteiger charge is 2.27. The first kappa shape index (κ1) is 15.4. The zero-order valence-corrected chi connectivity index (χ0v) is 12.4. The SMILES string of the molecule is COc1ccc(Br)cc1S(=O)(=O)N(CC#N)CC#N. The first-order chi connectivity index (χ1) is 8.97. The van der Waals surface area contributed by atoms with E-state index < -0.39 is 23.1 Å². The van der Waals surface area contributed by atoms with Gasteiger partial charge in [-0.3, -0.25) is 0 Å². The summed E-state index contributed by atoms with van der Waals surface area (Å²) < 4.78 is 31.1. The van der Waals surface area contributed by atoms with E-state index in [2.05, 4.69) is 15.9 Å². The number of methoxy groups -OCH3 is 1. The van der Waals surface area contributed by atoms with Crippen LogP contribution in [0.15, 0.2) is 27.6 Å². The van der Waals surface area contributed by atoms with Gasteiger partial charge in [-0.1, -0.05) is 15.9 Å². The van der Waals surface area contributed by atoms with Gasteiger partial charge in [-0.05, 0) is 18.2 Å². The molecule has 0 heterocycles. The summed E-state index contributed by atoms with van der Waals surface area (Å²) in [5, 5.41) is 17.3. The van der Waals surface area contributed by atoms with Gasteiger partial charge < -0.3 is 4.74 Å². The van der Waals surface area contributed by atoms with Crippen LogP contribution in [0.2, 0.25) is 0 Å². The highest BCUT2D eigenvalue weighted by Crippen LogP contribution is 2.29. The number of rotatable bonds is 5. The van der Waals surface area contributed by atoms with Gasteiger partial charge in [0.05, 0.1) is 19.2 Å². The maximum absolute atomic E-state index is 12.4. The zero-order chi connectivity index (χ0) is 14.5. The molecule has 0 aliphatic carbocycles. The van der Waals surface area contributed by atoms with Gasteiger partial charge in [-0.15, -0.1) is 0 Å². The highest BCUT2D eigenvalue weighted by atomic mass is 79.9. The number of hydrogen-bond acceptors (Lipinski definition) is 5. The number of ether oxygens (including phenoxy) is 1. The van der Waals surface area contributed by atoms with Crippen molar-refractivity contribution in [3.8, 4) is 17.9 Å². The van der Waals surface area contributed by atoms with Gasteiger partial charge >= 0.3 is 0 Å². The summed E-state index contributed by atoms with van der Waals surface area (Å²) in [5.41, 5.74) is 0. The lowest BCUT2D eigenvalue weighted by molar-refractivity contribution is 0.398. The molecule has 6 nitrogen and oxygen atoms in total. The Labute approximate surface area is 120 Å². The Hall–Kier alpha value is -1.61. The molecule has 0 N–H and O–H groups in total. The quantitative estimate of drug-likeness (QED) is 0.755. The minimum atomic E-state index is -3.96. The smallest absolute Gasteiger partial charge is 0.248 e. The van der Waals surface area contributed by atoms with Crippen molar-refractivity contribution < 1.29 is 13.2 Å². The molecule has 1 aromatic carbocycles. The van der Waals surface area contributed by atoms with E-state index >= 15 is 0 Å². The van der Waals surface area contributed by atoms with E-state index in [4.69, 9.17) is 15.3 Å². The second-order valence-corrected chi connectivity index (χ2v) is 6.21. The van der Waals surface area contributed by atoms with Gasteiger partial charge in [0, 0.05) is 4.47 Å². The first-order valence-corrected chi connectivity index (χ1v) is 7.28. The molecule has 0 unspecified atom stereocenters. The van der Waals surface area contributed by atoms with Crippen molar-refractivity contribution in [3.05, 3.63) is 22.7 Å².